The summed E-state index contributed by atoms with van der Waals surface area (Å²) in [5, 5.41) is 8.42. The smallest absolute Gasteiger partial charge is 0.363 e. The van der Waals surface area contributed by atoms with E-state index in [1.807, 2.05) is 0 Å². The van der Waals surface area contributed by atoms with Crippen LogP contribution in [0.3, 0.4) is 0 Å². The van der Waals surface area contributed by atoms with E-state index < -0.39 is 19.6 Å². The molecule has 1 unspecified atom stereocenters. The van der Waals surface area contributed by atoms with Crippen LogP contribution in [0.2, 0.25) is 0 Å². The summed E-state index contributed by atoms with van der Waals surface area (Å²) in [6.45, 7) is 0. The number of hydrogen-bond donors (Lipinski definition) is 2. The molecule has 14 heavy (non-hydrogen) atoms. The summed E-state index contributed by atoms with van der Waals surface area (Å²) < 4.78 is 19.2. The molecular formula is C5H10Cl2NO5P. The highest BCUT2D eigenvalue weighted by Gasteiger charge is 2.24. The van der Waals surface area contributed by atoms with Gasteiger partial charge in [-0.1, -0.05) is 0 Å². The van der Waals surface area contributed by atoms with Gasteiger partial charge in [0, 0.05) is 0 Å². The van der Waals surface area contributed by atoms with Crippen molar-refractivity contribution in [3.63, 3.8) is 0 Å². The Balaban J connectivity index is 3.84. The second-order valence-corrected chi connectivity index (χ2v) is 5.33. The van der Waals surface area contributed by atoms with Crippen molar-refractivity contribution in [1.29, 1.82) is 0 Å². The topological polar surface area (TPSA) is 98.9 Å². The molecule has 0 saturated carbocycles. The first-order valence-corrected chi connectivity index (χ1v) is 5.98. The van der Waals surface area contributed by atoms with Gasteiger partial charge >= 0.3 is 13.6 Å². The standard InChI is InChI=1S/C5H10Cl2NO5P/c6-12-14(11,13-7)3-1-2-4(8)5(9)10/h4H,1-3,8H2,(H,9,10). The number of aliphatic carboxylic acids is 1. The summed E-state index contributed by atoms with van der Waals surface area (Å²) in [7, 11) is -3.49. The molecule has 84 valence electrons. The minimum absolute atomic E-state index is 0.0824. The van der Waals surface area contributed by atoms with Crippen LogP contribution in [0.25, 0.3) is 0 Å². The number of carboxylic acids is 1. The SMILES string of the molecule is NC(CCCP(=O)(OCl)OCl)C(=O)O. The van der Waals surface area contributed by atoms with Gasteiger partial charge in [0.1, 0.15) is 6.04 Å². The second-order valence-electron chi connectivity index (χ2n) is 2.56. The Morgan fingerprint density at radius 2 is 2.00 bits per heavy atom. The molecular weight excluding hydrogens is 256 g/mol. The Bertz CT molecular complexity index is 230. The molecule has 0 aromatic rings. The van der Waals surface area contributed by atoms with Crippen LogP contribution in [0.4, 0.5) is 0 Å². The maximum Gasteiger partial charge on any atom is 0.363 e. The van der Waals surface area contributed by atoms with Gasteiger partial charge < -0.3 is 10.8 Å². The van der Waals surface area contributed by atoms with Crippen molar-refractivity contribution in [3.8, 4) is 0 Å². The fourth-order valence-electron chi connectivity index (χ4n) is 0.708. The fraction of sp³-hybridized carbons (Fsp3) is 0.800. The number of carbonyl (C=O) groups is 1. The first kappa shape index (κ1) is 14.2. The van der Waals surface area contributed by atoms with Gasteiger partial charge in [-0.3, -0.25) is 9.36 Å². The van der Waals surface area contributed by atoms with Crippen molar-refractivity contribution in [2.75, 3.05) is 6.16 Å². The van der Waals surface area contributed by atoms with Crippen molar-refractivity contribution >= 4 is 37.3 Å². The van der Waals surface area contributed by atoms with Gasteiger partial charge in [0.2, 0.25) is 0 Å². The molecule has 3 N–H and O–H groups in total. The largest absolute Gasteiger partial charge is 0.480 e. The van der Waals surface area contributed by atoms with E-state index in [0.717, 1.165) is 0 Å². The summed E-state index contributed by atoms with van der Waals surface area (Å²) in [5.41, 5.74) is 5.19. The zero-order chi connectivity index (χ0) is 11.2. The van der Waals surface area contributed by atoms with Gasteiger partial charge in [-0.05, 0) is 12.8 Å². The van der Waals surface area contributed by atoms with Crippen molar-refractivity contribution < 1.29 is 22.6 Å². The average Bonchev–Trinajstić information content (AvgIpc) is 2.17. The zero-order valence-electron chi connectivity index (χ0n) is 7.06. The number of rotatable bonds is 7. The van der Waals surface area contributed by atoms with Crippen LogP contribution in [-0.2, 0) is 17.5 Å². The van der Waals surface area contributed by atoms with Gasteiger partial charge in [-0.2, -0.15) is 8.15 Å². The van der Waals surface area contributed by atoms with Crippen LogP contribution in [0, 0.1) is 0 Å². The summed E-state index contributed by atoms with van der Waals surface area (Å²) in [5.74, 6) is -1.13. The van der Waals surface area contributed by atoms with Crippen molar-refractivity contribution in [1.82, 2.24) is 0 Å². The third-order valence-corrected chi connectivity index (χ3v) is 4.02. The fourth-order valence-corrected chi connectivity index (χ4v) is 2.11. The molecule has 0 aliphatic rings. The zero-order valence-corrected chi connectivity index (χ0v) is 9.47. The highest BCUT2D eigenvalue weighted by Crippen LogP contribution is 2.51. The molecule has 0 aliphatic carbocycles. The highest BCUT2D eigenvalue weighted by atomic mass is 35.5. The number of halogens is 2. The van der Waals surface area contributed by atoms with E-state index in [0.29, 0.717) is 0 Å². The lowest BCUT2D eigenvalue weighted by Crippen LogP contribution is -2.30. The van der Waals surface area contributed by atoms with Crippen LogP contribution < -0.4 is 5.73 Å². The molecule has 0 saturated heterocycles. The predicted molar refractivity (Wildman–Crippen MR) is 51.2 cm³/mol. The molecule has 0 amide bonds. The lowest BCUT2D eigenvalue weighted by atomic mass is 10.2. The Hall–Kier alpha value is 0.160. The molecule has 0 radical (unpaired) electrons. The van der Waals surface area contributed by atoms with Gasteiger partial charge in [-0.25, -0.2) is 0 Å². The molecule has 0 fully saturated rings. The molecule has 0 aliphatic heterocycles. The van der Waals surface area contributed by atoms with Crippen LogP contribution >= 0.6 is 31.3 Å². The minimum atomic E-state index is -3.49. The molecule has 0 aromatic carbocycles. The third-order valence-electron chi connectivity index (χ3n) is 1.47. The van der Waals surface area contributed by atoms with Crippen LogP contribution in [0.5, 0.6) is 0 Å². The lowest BCUT2D eigenvalue weighted by molar-refractivity contribution is -0.138. The first-order valence-electron chi connectivity index (χ1n) is 3.63. The Labute approximate surface area is 91.1 Å². The second kappa shape index (κ2) is 6.61. The molecule has 9 heteroatoms. The van der Waals surface area contributed by atoms with Crippen LogP contribution in [-0.4, -0.2) is 23.3 Å². The summed E-state index contributed by atoms with van der Waals surface area (Å²) >= 11 is 9.73. The molecule has 0 rings (SSSR count). The molecule has 0 spiro atoms. The number of nitrogens with two attached hydrogens (primary N) is 1. The lowest BCUT2D eigenvalue weighted by Gasteiger charge is -2.10. The van der Waals surface area contributed by atoms with Crippen molar-refractivity contribution in [3.05, 3.63) is 0 Å². The van der Waals surface area contributed by atoms with Gasteiger partial charge in [0.25, 0.3) is 0 Å². The number of carboxylic acid groups (broad SMARTS) is 1. The molecule has 1 atom stereocenters. The summed E-state index contributed by atoms with van der Waals surface area (Å²) in [4.78, 5) is 10.3. The molecule has 0 aromatic heterocycles. The Morgan fingerprint density at radius 1 is 1.50 bits per heavy atom. The predicted octanol–water partition coefficient (Wildman–Crippen LogP) is 1.71. The summed E-state index contributed by atoms with van der Waals surface area (Å²) in [6.07, 6.45) is 0.283. The number of hydrogen-bond acceptors (Lipinski definition) is 5. The normalized spacial score (nSPS) is 13.9. The van der Waals surface area contributed by atoms with Crippen molar-refractivity contribution in [2.24, 2.45) is 5.73 Å². The van der Waals surface area contributed by atoms with E-state index in [1.54, 1.807) is 0 Å². The minimum Gasteiger partial charge on any atom is -0.480 e. The van der Waals surface area contributed by atoms with E-state index in [9.17, 15) is 9.36 Å². The maximum atomic E-state index is 11.2. The first-order chi connectivity index (χ1) is 6.45. The molecule has 0 heterocycles. The van der Waals surface area contributed by atoms with E-state index in [1.165, 1.54) is 0 Å². The van der Waals surface area contributed by atoms with Crippen molar-refractivity contribution in [2.45, 2.75) is 18.9 Å². The van der Waals surface area contributed by atoms with Crippen LogP contribution in [0.1, 0.15) is 12.8 Å². The Kier molecular flexibility index (Phi) is 6.68. The van der Waals surface area contributed by atoms with E-state index in [-0.39, 0.29) is 19.0 Å². The van der Waals surface area contributed by atoms with Gasteiger partial charge in [0.05, 0.1) is 29.9 Å². The average molecular weight is 266 g/mol. The third kappa shape index (κ3) is 5.14. The summed E-state index contributed by atoms with van der Waals surface area (Å²) in [6, 6.07) is -1.01. The highest BCUT2D eigenvalue weighted by molar-refractivity contribution is 7.55. The monoisotopic (exact) mass is 265 g/mol. The van der Waals surface area contributed by atoms with Gasteiger partial charge in [0.15, 0.2) is 0 Å². The molecule has 0 bridgehead atoms. The Morgan fingerprint density at radius 3 is 2.36 bits per heavy atom. The van der Waals surface area contributed by atoms with E-state index in [4.69, 9.17) is 34.6 Å². The van der Waals surface area contributed by atoms with Gasteiger partial charge in [-0.15, -0.1) is 0 Å². The maximum absolute atomic E-state index is 11.2. The van der Waals surface area contributed by atoms with E-state index >= 15 is 0 Å². The van der Waals surface area contributed by atoms with Crippen LogP contribution in [0.15, 0.2) is 0 Å². The van der Waals surface area contributed by atoms with E-state index in [2.05, 4.69) is 8.15 Å². The molecule has 6 nitrogen and oxygen atoms in total. The quantitative estimate of drug-likeness (QED) is 0.680.